The average molecular weight is 439 g/mol. The molecule has 2 aromatic carbocycles. The molecule has 1 aliphatic heterocycles. The molecule has 8 heteroatoms. The van der Waals surface area contributed by atoms with Crippen molar-refractivity contribution in [1.82, 2.24) is 20.1 Å². The summed E-state index contributed by atoms with van der Waals surface area (Å²) in [6, 6.07) is 15.7. The zero-order chi connectivity index (χ0) is 21.8. The van der Waals surface area contributed by atoms with Crippen molar-refractivity contribution in [3.05, 3.63) is 65.5 Å². The standard InChI is InChI=1S/C23H26N4O3S/c1-4-27-22(15(2)16-8-6-5-7-9-16)25-26-23(27)31-14-21(28)24-19-13-30-20-11-10-17(29-3)12-18(19)20/h5-12,15,19H,4,13-14H2,1-3H3,(H,24,28)/t15-,19+/m1/s1. The molecule has 0 spiro atoms. The third-order valence-electron chi connectivity index (χ3n) is 5.41. The number of ether oxygens (including phenoxy) is 2. The number of carbonyl (C=O) groups excluding carboxylic acids is 1. The van der Waals surface area contributed by atoms with Gasteiger partial charge in [-0.1, -0.05) is 49.0 Å². The molecule has 0 aliphatic carbocycles. The van der Waals surface area contributed by atoms with Gasteiger partial charge in [0.2, 0.25) is 5.91 Å². The molecule has 4 rings (SSSR count). The highest BCUT2D eigenvalue weighted by Gasteiger charge is 2.26. The lowest BCUT2D eigenvalue weighted by molar-refractivity contribution is -0.119. The molecule has 0 saturated carbocycles. The van der Waals surface area contributed by atoms with Gasteiger partial charge in [-0.15, -0.1) is 10.2 Å². The second-order valence-corrected chi connectivity index (χ2v) is 8.28. The van der Waals surface area contributed by atoms with Crippen molar-refractivity contribution >= 4 is 17.7 Å². The maximum absolute atomic E-state index is 12.6. The molecule has 1 aromatic heterocycles. The summed E-state index contributed by atoms with van der Waals surface area (Å²) in [4.78, 5) is 12.6. The van der Waals surface area contributed by atoms with Crippen LogP contribution in [0.15, 0.2) is 53.7 Å². The topological polar surface area (TPSA) is 78.3 Å². The zero-order valence-electron chi connectivity index (χ0n) is 17.9. The summed E-state index contributed by atoms with van der Waals surface area (Å²) in [7, 11) is 1.62. The monoisotopic (exact) mass is 438 g/mol. The maximum Gasteiger partial charge on any atom is 0.231 e. The number of fused-ring (bicyclic) bond motifs is 1. The molecule has 2 heterocycles. The molecular formula is C23H26N4O3S. The fourth-order valence-electron chi connectivity index (χ4n) is 3.72. The predicted octanol–water partition coefficient (Wildman–Crippen LogP) is 3.80. The van der Waals surface area contributed by atoms with Crippen molar-refractivity contribution in [2.75, 3.05) is 19.5 Å². The summed E-state index contributed by atoms with van der Waals surface area (Å²) in [5.41, 5.74) is 2.13. The van der Waals surface area contributed by atoms with E-state index in [1.165, 1.54) is 17.3 Å². The molecule has 0 unspecified atom stereocenters. The maximum atomic E-state index is 12.6. The van der Waals surface area contributed by atoms with E-state index in [1.807, 2.05) is 36.4 Å². The Morgan fingerprint density at radius 2 is 2.10 bits per heavy atom. The van der Waals surface area contributed by atoms with Crippen molar-refractivity contribution in [2.45, 2.75) is 37.5 Å². The molecule has 1 aliphatic rings. The number of methoxy groups -OCH3 is 1. The molecule has 0 bridgehead atoms. The van der Waals surface area contributed by atoms with E-state index in [9.17, 15) is 4.79 Å². The summed E-state index contributed by atoms with van der Waals surface area (Å²) in [6.45, 7) is 5.35. The number of thioether (sulfide) groups is 1. The lowest BCUT2D eigenvalue weighted by atomic mass is 10.0. The SMILES string of the molecule is CCn1c(SCC(=O)N[C@H]2COc3ccc(OC)cc32)nnc1[C@H](C)c1ccccc1. The van der Waals surface area contributed by atoms with E-state index in [0.29, 0.717) is 6.61 Å². The summed E-state index contributed by atoms with van der Waals surface area (Å²) in [6.07, 6.45) is 0. The predicted molar refractivity (Wildman–Crippen MR) is 120 cm³/mol. The Morgan fingerprint density at radius 3 is 2.84 bits per heavy atom. The first kappa shape index (κ1) is 21.2. The Hall–Kier alpha value is -3.00. The minimum absolute atomic E-state index is 0.0717. The Balaban J connectivity index is 1.40. The van der Waals surface area contributed by atoms with Gasteiger partial charge in [0.15, 0.2) is 5.16 Å². The smallest absolute Gasteiger partial charge is 0.231 e. The molecule has 7 nitrogen and oxygen atoms in total. The minimum atomic E-state index is -0.184. The minimum Gasteiger partial charge on any atom is -0.497 e. The van der Waals surface area contributed by atoms with E-state index in [1.54, 1.807) is 7.11 Å². The third kappa shape index (κ3) is 4.54. The van der Waals surface area contributed by atoms with Crippen molar-refractivity contribution in [3.63, 3.8) is 0 Å². The van der Waals surface area contributed by atoms with Gasteiger partial charge < -0.3 is 19.4 Å². The van der Waals surface area contributed by atoms with Crippen molar-refractivity contribution in [1.29, 1.82) is 0 Å². The number of benzene rings is 2. The number of rotatable bonds is 8. The lowest BCUT2D eigenvalue weighted by Crippen LogP contribution is -2.30. The van der Waals surface area contributed by atoms with Crippen LogP contribution in [0.4, 0.5) is 0 Å². The van der Waals surface area contributed by atoms with Crippen molar-refractivity contribution in [3.8, 4) is 11.5 Å². The Morgan fingerprint density at radius 1 is 1.29 bits per heavy atom. The molecule has 2 atom stereocenters. The van der Waals surface area contributed by atoms with E-state index >= 15 is 0 Å². The number of nitrogens with zero attached hydrogens (tertiary/aromatic N) is 3. The van der Waals surface area contributed by atoms with Gasteiger partial charge in [0.05, 0.1) is 18.9 Å². The molecule has 1 N–H and O–H groups in total. The zero-order valence-corrected chi connectivity index (χ0v) is 18.7. The van der Waals surface area contributed by atoms with E-state index in [0.717, 1.165) is 34.6 Å². The fraction of sp³-hybridized carbons (Fsp3) is 0.348. The molecule has 0 saturated heterocycles. The highest BCUT2D eigenvalue weighted by Crippen LogP contribution is 2.35. The number of hydrogen-bond acceptors (Lipinski definition) is 6. The molecule has 162 valence electrons. The van der Waals surface area contributed by atoms with Crippen LogP contribution in [-0.4, -0.2) is 40.1 Å². The molecule has 1 amide bonds. The quantitative estimate of drug-likeness (QED) is 0.539. The Kier molecular flexibility index (Phi) is 6.46. The molecule has 3 aromatic rings. The van der Waals surface area contributed by atoms with Crippen LogP contribution < -0.4 is 14.8 Å². The highest BCUT2D eigenvalue weighted by molar-refractivity contribution is 7.99. The second-order valence-electron chi connectivity index (χ2n) is 7.34. The van der Waals surface area contributed by atoms with E-state index in [4.69, 9.17) is 9.47 Å². The van der Waals surface area contributed by atoms with E-state index < -0.39 is 0 Å². The van der Waals surface area contributed by atoms with Crippen LogP contribution in [0.5, 0.6) is 11.5 Å². The molecule has 0 radical (unpaired) electrons. The van der Waals surface area contributed by atoms with Crippen molar-refractivity contribution < 1.29 is 14.3 Å². The molecule has 31 heavy (non-hydrogen) atoms. The summed E-state index contributed by atoms with van der Waals surface area (Å²) >= 11 is 1.40. The van der Waals surface area contributed by atoms with Gasteiger partial charge in [0.1, 0.15) is 23.9 Å². The van der Waals surface area contributed by atoms with Crippen LogP contribution >= 0.6 is 11.8 Å². The summed E-state index contributed by atoms with van der Waals surface area (Å²) in [5.74, 6) is 2.74. The summed E-state index contributed by atoms with van der Waals surface area (Å²) in [5, 5.41) is 12.6. The van der Waals surface area contributed by atoms with Crippen LogP contribution in [-0.2, 0) is 11.3 Å². The third-order valence-corrected chi connectivity index (χ3v) is 6.38. The number of hydrogen-bond donors (Lipinski definition) is 1. The van der Waals surface area contributed by atoms with Gasteiger partial charge >= 0.3 is 0 Å². The van der Waals surface area contributed by atoms with Gasteiger partial charge in [0, 0.05) is 18.0 Å². The average Bonchev–Trinajstić information content (AvgIpc) is 3.41. The highest BCUT2D eigenvalue weighted by atomic mass is 32.2. The van der Waals surface area contributed by atoms with Crippen LogP contribution in [0.25, 0.3) is 0 Å². The number of amides is 1. The van der Waals surface area contributed by atoms with Crippen LogP contribution in [0.3, 0.4) is 0 Å². The van der Waals surface area contributed by atoms with Gasteiger partial charge in [0.25, 0.3) is 0 Å². The van der Waals surface area contributed by atoms with Gasteiger partial charge in [-0.05, 0) is 30.7 Å². The van der Waals surface area contributed by atoms with E-state index in [2.05, 4.69) is 46.1 Å². The largest absolute Gasteiger partial charge is 0.497 e. The number of carbonyl (C=O) groups is 1. The van der Waals surface area contributed by atoms with Crippen molar-refractivity contribution in [2.24, 2.45) is 0 Å². The van der Waals surface area contributed by atoms with Crippen LogP contribution in [0, 0.1) is 0 Å². The van der Waals surface area contributed by atoms with Gasteiger partial charge in [-0.3, -0.25) is 4.79 Å². The normalized spacial score (nSPS) is 15.8. The lowest BCUT2D eigenvalue weighted by Gasteiger charge is -2.14. The number of aromatic nitrogens is 3. The number of nitrogens with one attached hydrogen (secondary N) is 1. The van der Waals surface area contributed by atoms with Gasteiger partial charge in [-0.2, -0.15) is 0 Å². The van der Waals surface area contributed by atoms with Crippen LogP contribution in [0.2, 0.25) is 0 Å². The van der Waals surface area contributed by atoms with Gasteiger partial charge in [-0.25, -0.2) is 0 Å². The Labute approximate surface area is 186 Å². The fourth-order valence-corrected chi connectivity index (χ4v) is 4.54. The van der Waals surface area contributed by atoms with E-state index in [-0.39, 0.29) is 23.6 Å². The first-order valence-electron chi connectivity index (χ1n) is 10.3. The summed E-state index contributed by atoms with van der Waals surface area (Å²) < 4.78 is 13.0. The first-order chi connectivity index (χ1) is 15.1. The second kappa shape index (κ2) is 9.43. The molecular weight excluding hydrogens is 412 g/mol. The molecule has 0 fully saturated rings. The Bertz CT molecular complexity index is 1050. The van der Waals surface area contributed by atoms with Crippen LogP contribution in [0.1, 0.15) is 42.8 Å². The first-order valence-corrected chi connectivity index (χ1v) is 11.3.